The van der Waals surface area contributed by atoms with Crippen molar-refractivity contribution in [2.24, 2.45) is 0 Å². The summed E-state index contributed by atoms with van der Waals surface area (Å²) in [4.78, 5) is 17.0. The van der Waals surface area contributed by atoms with E-state index >= 15 is 0 Å². The number of rotatable bonds is 5. The fourth-order valence-electron chi connectivity index (χ4n) is 2.90. The predicted octanol–water partition coefficient (Wildman–Crippen LogP) is 4.26. The number of aromatic nitrogens is 3. The number of carbonyl (C=O) groups is 1. The number of fused-ring (bicyclic) bond motifs is 1. The summed E-state index contributed by atoms with van der Waals surface area (Å²) in [5.74, 6) is 2.28. The number of nitrogens with zero attached hydrogens (tertiary/aromatic N) is 4. The maximum atomic E-state index is 12.8. The van der Waals surface area contributed by atoms with Gasteiger partial charge in [-0.2, -0.15) is 0 Å². The van der Waals surface area contributed by atoms with E-state index in [1.54, 1.807) is 23.1 Å². The molecule has 0 radical (unpaired) electrons. The van der Waals surface area contributed by atoms with E-state index < -0.39 is 0 Å². The van der Waals surface area contributed by atoms with E-state index in [1.807, 2.05) is 40.6 Å². The van der Waals surface area contributed by atoms with E-state index in [2.05, 4.69) is 27.8 Å². The molecule has 3 aromatic rings. The molecule has 0 saturated carbocycles. The Morgan fingerprint density at radius 2 is 2.12 bits per heavy atom. The van der Waals surface area contributed by atoms with Gasteiger partial charge in [0.1, 0.15) is 0 Å². The van der Waals surface area contributed by atoms with Gasteiger partial charge in [0.15, 0.2) is 11.0 Å². The van der Waals surface area contributed by atoms with Crippen molar-refractivity contribution in [3.8, 4) is 10.7 Å². The number of carbonyl (C=O) groups excluding carboxylic acids is 1. The molecule has 0 bridgehead atoms. The first-order valence-corrected chi connectivity index (χ1v) is 11.2. The summed E-state index contributed by atoms with van der Waals surface area (Å²) >= 11 is 4.92. The normalized spacial score (nSPS) is 13.7. The molecule has 1 aromatic carbocycles. The van der Waals surface area contributed by atoms with Gasteiger partial charge in [0.2, 0.25) is 5.91 Å². The number of hydrogen-bond donors (Lipinski definition) is 0. The Bertz CT molecular complexity index is 907. The number of amides is 1. The maximum absolute atomic E-state index is 12.8. The number of hydrogen-bond acceptors (Lipinski definition) is 6. The highest BCUT2D eigenvalue weighted by molar-refractivity contribution is 8.00. The number of thioether (sulfide) groups is 2. The van der Waals surface area contributed by atoms with Gasteiger partial charge in [-0.1, -0.05) is 30.0 Å². The van der Waals surface area contributed by atoms with Gasteiger partial charge in [-0.3, -0.25) is 4.79 Å². The van der Waals surface area contributed by atoms with Crippen molar-refractivity contribution in [2.75, 3.05) is 23.0 Å². The van der Waals surface area contributed by atoms with Crippen molar-refractivity contribution in [2.45, 2.75) is 23.5 Å². The van der Waals surface area contributed by atoms with E-state index in [0.717, 1.165) is 40.4 Å². The minimum absolute atomic E-state index is 0.117. The van der Waals surface area contributed by atoms with E-state index in [1.165, 1.54) is 16.7 Å². The number of thiophene rings is 1. The Labute approximate surface area is 164 Å². The van der Waals surface area contributed by atoms with Crippen LogP contribution in [0.1, 0.15) is 6.92 Å². The summed E-state index contributed by atoms with van der Waals surface area (Å²) in [5.41, 5.74) is 1.02. The lowest BCUT2D eigenvalue weighted by Gasteiger charge is -2.28. The molecule has 0 spiro atoms. The predicted molar refractivity (Wildman–Crippen MR) is 109 cm³/mol. The van der Waals surface area contributed by atoms with E-state index in [9.17, 15) is 4.79 Å². The molecule has 1 aliphatic rings. The first-order chi connectivity index (χ1) is 12.8. The van der Waals surface area contributed by atoms with E-state index in [4.69, 9.17) is 0 Å². The minimum atomic E-state index is 0.117. The highest BCUT2D eigenvalue weighted by atomic mass is 32.2. The molecule has 0 unspecified atom stereocenters. The van der Waals surface area contributed by atoms with Crippen LogP contribution in [-0.2, 0) is 11.3 Å². The molecular formula is C18H18N4OS3. The number of anilines is 1. The van der Waals surface area contributed by atoms with Gasteiger partial charge in [0.05, 0.1) is 16.3 Å². The average Bonchev–Trinajstić information content (AvgIpc) is 3.34. The molecule has 4 rings (SSSR count). The Kier molecular flexibility index (Phi) is 5.33. The standard InChI is InChI=1S/C18H18N4OS3/c1-2-21-17(15-8-5-10-24-15)19-20-18(21)26-12-16(23)22-9-11-25-14-7-4-3-6-13(14)22/h3-8,10H,2,9,11-12H2,1H3. The average molecular weight is 403 g/mol. The zero-order valence-electron chi connectivity index (χ0n) is 14.3. The van der Waals surface area contributed by atoms with Crippen LogP contribution in [0.25, 0.3) is 10.7 Å². The van der Waals surface area contributed by atoms with Crippen molar-refractivity contribution in [3.05, 3.63) is 41.8 Å². The Morgan fingerprint density at radius 3 is 2.92 bits per heavy atom. The molecule has 1 aliphatic heterocycles. The van der Waals surface area contributed by atoms with Crippen LogP contribution >= 0.6 is 34.9 Å². The lowest BCUT2D eigenvalue weighted by molar-refractivity contribution is -0.116. The zero-order valence-corrected chi connectivity index (χ0v) is 16.7. The third-order valence-electron chi connectivity index (χ3n) is 4.13. The monoisotopic (exact) mass is 402 g/mol. The van der Waals surface area contributed by atoms with Crippen molar-refractivity contribution in [1.29, 1.82) is 0 Å². The molecule has 2 aromatic heterocycles. The molecule has 0 fully saturated rings. The molecule has 26 heavy (non-hydrogen) atoms. The Hall–Kier alpha value is -1.77. The topological polar surface area (TPSA) is 51.0 Å². The molecule has 0 atom stereocenters. The summed E-state index contributed by atoms with van der Waals surface area (Å²) in [6, 6.07) is 12.2. The van der Waals surface area contributed by atoms with Gasteiger partial charge in [0.25, 0.3) is 0 Å². The SMILES string of the molecule is CCn1c(SCC(=O)N2CCSc3ccccc32)nnc1-c1cccs1. The van der Waals surface area contributed by atoms with Crippen LogP contribution in [0.2, 0.25) is 0 Å². The lowest BCUT2D eigenvalue weighted by atomic mass is 10.3. The summed E-state index contributed by atoms with van der Waals surface area (Å²) in [6.45, 7) is 3.60. The number of para-hydroxylation sites is 1. The fourth-order valence-corrected chi connectivity index (χ4v) is 5.49. The zero-order chi connectivity index (χ0) is 17.9. The van der Waals surface area contributed by atoms with Crippen molar-refractivity contribution in [3.63, 3.8) is 0 Å². The highest BCUT2D eigenvalue weighted by Crippen LogP contribution is 2.35. The second-order valence-corrected chi connectivity index (χ2v) is 8.70. The van der Waals surface area contributed by atoms with Crippen LogP contribution in [0.15, 0.2) is 51.8 Å². The van der Waals surface area contributed by atoms with Crippen LogP contribution in [0, 0.1) is 0 Å². The molecule has 0 N–H and O–H groups in total. The van der Waals surface area contributed by atoms with Crippen molar-refractivity contribution < 1.29 is 4.79 Å². The van der Waals surface area contributed by atoms with Crippen LogP contribution in [0.5, 0.6) is 0 Å². The lowest BCUT2D eigenvalue weighted by Crippen LogP contribution is -2.36. The largest absolute Gasteiger partial charge is 0.310 e. The molecule has 8 heteroatoms. The van der Waals surface area contributed by atoms with Gasteiger partial charge < -0.3 is 9.47 Å². The molecule has 0 aliphatic carbocycles. The quantitative estimate of drug-likeness (QED) is 0.597. The third-order valence-corrected chi connectivity index (χ3v) is 6.99. The first kappa shape index (κ1) is 17.6. The van der Waals surface area contributed by atoms with Crippen LogP contribution in [0.3, 0.4) is 0 Å². The van der Waals surface area contributed by atoms with Crippen LogP contribution < -0.4 is 4.90 Å². The fraction of sp³-hybridized carbons (Fsp3) is 0.278. The molecular weight excluding hydrogens is 384 g/mol. The molecule has 0 saturated heterocycles. The van der Waals surface area contributed by atoms with Gasteiger partial charge in [-0.05, 0) is 30.5 Å². The summed E-state index contributed by atoms with van der Waals surface area (Å²) < 4.78 is 2.07. The van der Waals surface area contributed by atoms with Crippen molar-refractivity contribution in [1.82, 2.24) is 14.8 Å². The van der Waals surface area contributed by atoms with Gasteiger partial charge >= 0.3 is 0 Å². The Balaban J connectivity index is 1.49. The van der Waals surface area contributed by atoms with Crippen LogP contribution in [-0.4, -0.2) is 38.7 Å². The second-order valence-electron chi connectivity index (χ2n) is 5.68. The maximum Gasteiger partial charge on any atom is 0.237 e. The second kappa shape index (κ2) is 7.85. The smallest absolute Gasteiger partial charge is 0.237 e. The van der Waals surface area contributed by atoms with Gasteiger partial charge in [-0.25, -0.2) is 0 Å². The third kappa shape index (κ3) is 3.41. The Morgan fingerprint density at radius 1 is 1.23 bits per heavy atom. The van der Waals surface area contributed by atoms with Gasteiger partial charge in [0, 0.05) is 23.7 Å². The first-order valence-electron chi connectivity index (χ1n) is 8.40. The van der Waals surface area contributed by atoms with Crippen LogP contribution in [0.4, 0.5) is 5.69 Å². The molecule has 1 amide bonds. The van der Waals surface area contributed by atoms with Crippen molar-refractivity contribution >= 4 is 46.5 Å². The van der Waals surface area contributed by atoms with Gasteiger partial charge in [-0.15, -0.1) is 33.3 Å². The highest BCUT2D eigenvalue weighted by Gasteiger charge is 2.23. The summed E-state index contributed by atoms with van der Waals surface area (Å²) in [5, 5.41) is 11.5. The molecule has 3 heterocycles. The summed E-state index contributed by atoms with van der Waals surface area (Å²) in [6.07, 6.45) is 0. The van der Waals surface area contributed by atoms with E-state index in [0.29, 0.717) is 5.75 Å². The molecule has 134 valence electrons. The molecule has 5 nitrogen and oxygen atoms in total. The summed E-state index contributed by atoms with van der Waals surface area (Å²) in [7, 11) is 0. The number of benzene rings is 1. The van der Waals surface area contributed by atoms with E-state index in [-0.39, 0.29) is 5.91 Å². The minimum Gasteiger partial charge on any atom is -0.310 e.